The molecule has 1 aliphatic heterocycles. The Morgan fingerprint density at radius 2 is 1.65 bits per heavy atom. The number of nitrogens with one attached hydrogen (secondary N) is 1. The van der Waals surface area contributed by atoms with Crippen molar-refractivity contribution in [3.05, 3.63) is 59.7 Å². The van der Waals surface area contributed by atoms with Gasteiger partial charge in [0, 0.05) is 25.6 Å². The standard InChI is InChI=1S/C27H34N2O2/c1-3-28-26(31)27(15-17-29(18-16-27)25(30)21-11-8-12-21)19-22-10-5-7-14-24(22)23-13-6-4-9-20(23)2/h4-7,9-10,13-14,21H,3,8,11-12,15-19H2,1-2H3,(H,28,31). The molecule has 0 aromatic heterocycles. The number of nitrogens with zero attached hydrogens (tertiary/aromatic N) is 1. The minimum absolute atomic E-state index is 0.130. The molecule has 0 spiro atoms. The van der Waals surface area contributed by atoms with Crippen molar-refractivity contribution in [1.29, 1.82) is 0 Å². The summed E-state index contributed by atoms with van der Waals surface area (Å²) in [5.74, 6) is 0.653. The number of hydrogen-bond acceptors (Lipinski definition) is 2. The van der Waals surface area contributed by atoms with Crippen LogP contribution >= 0.6 is 0 Å². The highest BCUT2D eigenvalue weighted by molar-refractivity contribution is 5.85. The van der Waals surface area contributed by atoms with Gasteiger partial charge in [-0.05, 0) is 68.2 Å². The van der Waals surface area contributed by atoms with E-state index in [9.17, 15) is 9.59 Å². The first kappa shape index (κ1) is 21.6. The average Bonchev–Trinajstić information content (AvgIpc) is 2.74. The molecular formula is C27H34N2O2. The van der Waals surface area contributed by atoms with Crippen LogP contribution in [0.15, 0.2) is 48.5 Å². The van der Waals surface area contributed by atoms with Crippen molar-refractivity contribution >= 4 is 11.8 Å². The molecule has 4 rings (SSSR count). The fraction of sp³-hybridized carbons (Fsp3) is 0.481. The SMILES string of the molecule is CCNC(=O)C1(Cc2ccccc2-c2ccccc2C)CCN(C(=O)C2CCC2)CC1. The number of aryl methyl sites for hydroxylation is 1. The molecule has 4 nitrogen and oxygen atoms in total. The van der Waals surface area contributed by atoms with Crippen molar-refractivity contribution in [2.24, 2.45) is 11.3 Å². The molecule has 31 heavy (non-hydrogen) atoms. The molecule has 0 bridgehead atoms. The van der Waals surface area contributed by atoms with E-state index in [1.807, 2.05) is 11.8 Å². The number of amides is 2. The Kier molecular flexibility index (Phi) is 6.45. The third-order valence-electron chi connectivity index (χ3n) is 7.29. The van der Waals surface area contributed by atoms with Crippen molar-refractivity contribution in [2.75, 3.05) is 19.6 Å². The lowest BCUT2D eigenvalue weighted by Crippen LogP contribution is -2.52. The molecule has 1 saturated heterocycles. The summed E-state index contributed by atoms with van der Waals surface area (Å²) in [5, 5.41) is 3.09. The number of carbonyl (C=O) groups excluding carboxylic acids is 2. The maximum Gasteiger partial charge on any atom is 0.226 e. The molecule has 2 fully saturated rings. The first-order valence-corrected chi connectivity index (χ1v) is 11.7. The zero-order valence-corrected chi connectivity index (χ0v) is 18.8. The van der Waals surface area contributed by atoms with Crippen LogP contribution in [0.1, 0.15) is 50.2 Å². The van der Waals surface area contributed by atoms with E-state index in [2.05, 4.69) is 60.8 Å². The summed E-state index contributed by atoms with van der Waals surface area (Å²) in [4.78, 5) is 28.1. The molecule has 1 N–H and O–H groups in total. The van der Waals surface area contributed by atoms with Crippen LogP contribution in [0.25, 0.3) is 11.1 Å². The van der Waals surface area contributed by atoms with Crippen LogP contribution in [0, 0.1) is 18.3 Å². The Bertz CT molecular complexity index is 940. The third kappa shape index (κ3) is 4.39. The zero-order chi connectivity index (χ0) is 21.8. The van der Waals surface area contributed by atoms with Gasteiger partial charge >= 0.3 is 0 Å². The van der Waals surface area contributed by atoms with Crippen LogP contribution in [0.3, 0.4) is 0 Å². The highest BCUT2D eigenvalue weighted by Gasteiger charge is 2.43. The van der Waals surface area contributed by atoms with E-state index in [1.54, 1.807) is 0 Å². The lowest BCUT2D eigenvalue weighted by molar-refractivity contribution is -0.144. The molecule has 164 valence electrons. The van der Waals surface area contributed by atoms with Crippen LogP contribution < -0.4 is 5.32 Å². The molecule has 1 saturated carbocycles. The Labute approximate surface area is 186 Å². The average molecular weight is 419 g/mol. The van der Waals surface area contributed by atoms with Gasteiger partial charge in [0.2, 0.25) is 11.8 Å². The summed E-state index contributed by atoms with van der Waals surface area (Å²) in [6.07, 6.45) is 5.37. The van der Waals surface area contributed by atoms with E-state index < -0.39 is 5.41 Å². The summed E-state index contributed by atoms with van der Waals surface area (Å²) < 4.78 is 0. The highest BCUT2D eigenvalue weighted by atomic mass is 16.2. The maximum atomic E-state index is 13.3. The predicted octanol–water partition coefficient (Wildman–Crippen LogP) is 4.75. The van der Waals surface area contributed by atoms with E-state index >= 15 is 0 Å². The van der Waals surface area contributed by atoms with Crippen LogP contribution in [-0.2, 0) is 16.0 Å². The van der Waals surface area contributed by atoms with Crippen molar-refractivity contribution in [3.63, 3.8) is 0 Å². The van der Waals surface area contributed by atoms with Gasteiger partial charge in [0.05, 0.1) is 5.41 Å². The fourth-order valence-electron chi connectivity index (χ4n) is 5.08. The second kappa shape index (κ2) is 9.25. The molecular weight excluding hydrogens is 384 g/mol. The van der Waals surface area contributed by atoms with E-state index in [4.69, 9.17) is 0 Å². The number of hydrogen-bond donors (Lipinski definition) is 1. The Morgan fingerprint density at radius 3 is 2.26 bits per heavy atom. The van der Waals surface area contributed by atoms with Crippen LogP contribution in [-0.4, -0.2) is 36.3 Å². The number of benzene rings is 2. The van der Waals surface area contributed by atoms with Crippen molar-refractivity contribution in [2.45, 2.75) is 52.4 Å². The van der Waals surface area contributed by atoms with Gasteiger partial charge in [0.15, 0.2) is 0 Å². The Balaban J connectivity index is 1.60. The first-order chi connectivity index (χ1) is 15.0. The number of carbonyl (C=O) groups is 2. The van der Waals surface area contributed by atoms with Gasteiger partial charge < -0.3 is 10.2 Å². The molecule has 2 amide bonds. The first-order valence-electron chi connectivity index (χ1n) is 11.7. The fourth-order valence-corrected chi connectivity index (χ4v) is 5.08. The molecule has 0 unspecified atom stereocenters. The molecule has 2 aromatic rings. The van der Waals surface area contributed by atoms with Gasteiger partial charge in [-0.1, -0.05) is 55.0 Å². The predicted molar refractivity (Wildman–Crippen MR) is 125 cm³/mol. The van der Waals surface area contributed by atoms with E-state index in [1.165, 1.54) is 28.7 Å². The number of piperidine rings is 1. The molecule has 1 aliphatic carbocycles. The largest absolute Gasteiger partial charge is 0.356 e. The van der Waals surface area contributed by atoms with Gasteiger partial charge in [-0.2, -0.15) is 0 Å². The summed E-state index contributed by atoms with van der Waals surface area (Å²) in [6, 6.07) is 16.9. The smallest absolute Gasteiger partial charge is 0.226 e. The van der Waals surface area contributed by atoms with Crippen molar-refractivity contribution < 1.29 is 9.59 Å². The minimum atomic E-state index is -0.467. The third-order valence-corrected chi connectivity index (χ3v) is 7.29. The van der Waals surface area contributed by atoms with Crippen LogP contribution in [0.4, 0.5) is 0 Å². The topological polar surface area (TPSA) is 49.4 Å². The second-order valence-electron chi connectivity index (χ2n) is 9.24. The van der Waals surface area contributed by atoms with Gasteiger partial charge in [-0.15, -0.1) is 0 Å². The summed E-state index contributed by atoms with van der Waals surface area (Å²) >= 11 is 0. The highest BCUT2D eigenvalue weighted by Crippen LogP contribution is 2.40. The quantitative estimate of drug-likeness (QED) is 0.736. The summed E-state index contributed by atoms with van der Waals surface area (Å²) in [7, 11) is 0. The van der Waals surface area contributed by atoms with E-state index in [0.717, 1.165) is 25.7 Å². The molecule has 0 radical (unpaired) electrons. The summed E-state index contributed by atoms with van der Waals surface area (Å²) in [5.41, 5.74) is 4.41. The maximum absolute atomic E-state index is 13.3. The number of likely N-dealkylation sites (tertiary alicyclic amines) is 1. The normalized spacial score (nSPS) is 18.3. The molecule has 2 aromatic carbocycles. The lowest BCUT2D eigenvalue weighted by atomic mass is 9.71. The van der Waals surface area contributed by atoms with E-state index in [-0.39, 0.29) is 11.8 Å². The monoisotopic (exact) mass is 418 g/mol. The lowest BCUT2D eigenvalue weighted by Gasteiger charge is -2.43. The van der Waals surface area contributed by atoms with E-state index in [0.29, 0.717) is 32.0 Å². The molecule has 1 heterocycles. The van der Waals surface area contributed by atoms with Crippen LogP contribution in [0.2, 0.25) is 0 Å². The Morgan fingerprint density at radius 1 is 1.00 bits per heavy atom. The minimum Gasteiger partial charge on any atom is -0.356 e. The van der Waals surface area contributed by atoms with Gasteiger partial charge in [0.25, 0.3) is 0 Å². The van der Waals surface area contributed by atoms with Gasteiger partial charge in [0.1, 0.15) is 0 Å². The number of rotatable bonds is 6. The summed E-state index contributed by atoms with van der Waals surface area (Å²) in [6.45, 7) is 6.10. The molecule has 4 heteroatoms. The van der Waals surface area contributed by atoms with Gasteiger partial charge in [-0.25, -0.2) is 0 Å². The van der Waals surface area contributed by atoms with Crippen molar-refractivity contribution in [1.82, 2.24) is 10.2 Å². The van der Waals surface area contributed by atoms with Crippen molar-refractivity contribution in [3.8, 4) is 11.1 Å². The second-order valence-corrected chi connectivity index (χ2v) is 9.24. The van der Waals surface area contributed by atoms with Gasteiger partial charge in [-0.3, -0.25) is 9.59 Å². The Hall–Kier alpha value is -2.62. The van der Waals surface area contributed by atoms with Crippen LogP contribution in [0.5, 0.6) is 0 Å². The molecule has 2 aliphatic rings. The zero-order valence-electron chi connectivity index (χ0n) is 18.8. The molecule has 0 atom stereocenters.